The molecule has 0 aliphatic carbocycles. The predicted octanol–water partition coefficient (Wildman–Crippen LogP) is 3.57. The first-order valence-electron chi connectivity index (χ1n) is 12.9. The summed E-state index contributed by atoms with van der Waals surface area (Å²) in [5.74, 6) is -1.07. The zero-order valence-corrected chi connectivity index (χ0v) is 22.7. The van der Waals surface area contributed by atoms with E-state index in [0.29, 0.717) is 31.9 Å². The van der Waals surface area contributed by atoms with Crippen LogP contribution in [0.25, 0.3) is 0 Å². The lowest BCUT2D eigenvalue weighted by atomic mass is 9.79. The fourth-order valence-electron chi connectivity index (χ4n) is 5.85. The molecule has 2 amide bonds. The van der Waals surface area contributed by atoms with Gasteiger partial charge in [-0.3, -0.25) is 14.4 Å². The van der Waals surface area contributed by atoms with E-state index in [1.54, 1.807) is 24.0 Å². The minimum atomic E-state index is -0.858. The summed E-state index contributed by atoms with van der Waals surface area (Å²) in [7, 11) is 1.47. The van der Waals surface area contributed by atoms with Crippen LogP contribution in [0.15, 0.2) is 58.3 Å². The van der Waals surface area contributed by atoms with Gasteiger partial charge in [-0.2, -0.15) is 0 Å². The number of benzene rings is 1. The number of likely N-dealkylation sites (tertiary alicyclic amines) is 1. The molecule has 4 atom stereocenters. The normalized spacial score (nSPS) is 23.6. The fourth-order valence-corrected chi connectivity index (χ4v) is 6.96. The number of ketones is 1. The van der Waals surface area contributed by atoms with Gasteiger partial charge in [-0.1, -0.05) is 30.3 Å². The van der Waals surface area contributed by atoms with Crippen molar-refractivity contribution in [1.82, 2.24) is 15.1 Å². The van der Waals surface area contributed by atoms with E-state index in [0.717, 1.165) is 16.0 Å². The Morgan fingerprint density at radius 2 is 1.79 bits per heavy atom. The molecule has 2 aliphatic rings. The summed E-state index contributed by atoms with van der Waals surface area (Å²) in [5.41, 5.74) is 1.80. The van der Waals surface area contributed by atoms with Crippen molar-refractivity contribution < 1.29 is 23.5 Å². The van der Waals surface area contributed by atoms with Crippen molar-refractivity contribution in [2.24, 2.45) is 5.92 Å². The first-order chi connectivity index (χ1) is 18.4. The van der Waals surface area contributed by atoms with Crippen LogP contribution in [0.4, 0.5) is 0 Å². The van der Waals surface area contributed by atoms with Gasteiger partial charge in [0.05, 0.1) is 12.0 Å². The SMILES string of the molecule is COCC(=O)N1C(C(=O)N2CCNCC2)C(c2sccc2C)C(C(=O)c2ccc(C)o2)C1c1ccccc1. The number of carbonyl (C=O) groups is 3. The summed E-state index contributed by atoms with van der Waals surface area (Å²) < 4.78 is 11.1. The zero-order chi connectivity index (χ0) is 26.8. The van der Waals surface area contributed by atoms with Crippen molar-refractivity contribution in [1.29, 1.82) is 0 Å². The second-order valence-corrected chi connectivity index (χ2v) is 10.9. The summed E-state index contributed by atoms with van der Waals surface area (Å²) in [4.78, 5) is 46.9. The van der Waals surface area contributed by atoms with E-state index in [2.05, 4.69) is 5.32 Å². The molecule has 4 unspecified atom stereocenters. The van der Waals surface area contributed by atoms with Gasteiger partial charge in [0, 0.05) is 44.1 Å². The van der Waals surface area contributed by atoms with Gasteiger partial charge in [-0.25, -0.2) is 0 Å². The molecule has 0 saturated carbocycles. The molecule has 1 aromatic carbocycles. The van der Waals surface area contributed by atoms with Gasteiger partial charge in [0.15, 0.2) is 5.76 Å². The molecule has 9 heteroatoms. The molecule has 2 aliphatic heterocycles. The minimum absolute atomic E-state index is 0.138. The lowest BCUT2D eigenvalue weighted by Crippen LogP contribution is -2.55. The number of thiophene rings is 1. The molecular formula is C29H33N3O5S. The lowest BCUT2D eigenvalue weighted by Gasteiger charge is -2.36. The Labute approximate surface area is 226 Å². The van der Waals surface area contributed by atoms with Crippen LogP contribution in [0.5, 0.6) is 0 Å². The number of hydrogen-bond donors (Lipinski definition) is 1. The molecule has 2 saturated heterocycles. The summed E-state index contributed by atoms with van der Waals surface area (Å²) in [6.07, 6.45) is 0. The number of nitrogens with one attached hydrogen (secondary N) is 1. The molecule has 4 heterocycles. The number of rotatable bonds is 7. The standard InChI is InChI=1S/C29H33N3O5S/c1-18-11-16-38-28(18)24-23(27(34)21-10-9-19(2)37-21)25(20-7-5-4-6-8-20)32(22(33)17-36-3)26(24)29(35)31-14-12-30-13-15-31/h4-11,16,23-26,30H,12-15,17H2,1-3H3. The van der Waals surface area contributed by atoms with Crippen LogP contribution >= 0.6 is 11.3 Å². The van der Waals surface area contributed by atoms with E-state index in [4.69, 9.17) is 9.15 Å². The number of furan rings is 1. The number of aryl methyl sites for hydroxylation is 2. The monoisotopic (exact) mass is 535 g/mol. The largest absolute Gasteiger partial charge is 0.458 e. The van der Waals surface area contributed by atoms with Crippen molar-refractivity contribution in [2.75, 3.05) is 39.9 Å². The molecule has 0 radical (unpaired) electrons. The van der Waals surface area contributed by atoms with Crippen LogP contribution in [0.1, 0.15) is 44.3 Å². The quantitative estimate of drug-likeness (QED) is 0.465. The molecule has 8 nitrogen and oxygen atoms in total. The number of ether oxygens (including phenoxy) is 1. The number of methoxy groups -OCH3 is 1. The Bertz CT molecular complexity index is 1300. The third-order valence-electron chi connectivity index (χ3n) is 7.54. The Hall–Kier alpha value is -3.27. The van der Waals surface area contributed by atoms with E-state index < -0.39 is 23.9 Å². The fraction of sp³-hybridized carbons (Fsp3) is 0.414. The van der Waals surface area contributed by atoms with Gasteiger partial charge in [-0.05, 0) is 48.6 Å². The number of hydrogen-bond acceptors (Lipinski definition) is 7. The van der Waals surface area contributed by atoms with Crippen molar-refractivity contribution in [3.05, 3.63) is 81.4 Å². The maximum absolute atomic E-state index is 14.4. The Morgan fingerprint density at radius 3 is 2.39 bits per heavy atom. The average molecular weight is 536 g/mol. The molecule has 38 heavy (non-hydrogen) atoms. The summed E-state index contributed by atoms with van der Waals surface area (Å²) >= 11 is 1.53. The molecule has 3 aromatic rings. The predicted molar refractivity (Wildman–Crippen MR) is 144 cm³/mol. The van der Waals surface area contributed by atoms with Crippen molar-refractivity contribution in [3.63, 3.8) is 0 Å². The van der Waals surface area contributed by atoms with Gasteiger partial charge < -0.3 is 24.3 Å². The van der Waals surface area contributed by atoms with Crippen molar-refractivity contribution >= 4 is 28.9 Å². The summed E-state index contributed by atoms with van der Waals surface area (Å²) in [5, 5.41) is 5.27. The van der Waals surface area contributed by atoms with E-state index in [1.807, 2.05) is 53.6 Å². The highest BCUT2D eigenvalue weighted by molar-refractivity contribution is 7.10. The Balaban J connectivity index is 1.73. The van der Waals surface area contributed by atoms with Gasteiger partial charge >= 0.3 is 0 Å². The van der Waals surface area contributed by atoms with Gasteiger partial charge in [-0.15, -0.1) is 11.3 Å². The van der Waals surface area contributed by atoms with Crippen LogP contribution in [-0.4, -0.2) is 73.3 Å². The zero-order valence-electron chi connectivity index (χ0n) is 21.9. The molecule has 5 rings (SSSR count). The second kappa shape index (κ2) is 11.2. The average Bonchev–Trinajstić information content (AvgIpc) is 3.65. The molecule has 2 aromatic heterocycles. The molecule has 0 bridgehead atoms. The highest BCUT2D eigenvalue weighted by atomic mass is 32.1. The highest BCUT2D eigenvalue weighted by Crippen LogP contribution is 2.53. The van der Waals surface area contributed by atoms with Crippen LogP contribution in [-0.2, 0) is 14.3 Å². The first-order valence-corrected chi connectivity index (χ1v) is 13.8. The van der Waals surface area contributed by atoms with Crippen LogP contribution in [0, 0.1) is 19.8 Å². The van der Waals surface area contributed by atoms with Gasteiger partial charge in [0.25, 0.3) is 0 Å². The van der Waals surface area contributed by atoms with Crippen LogP contribution < -0.4 is 5.32 Å². The van der Waals surface area contributed by atoms with Gasteiger partial charge in [0.2, 0.25) is 17.6 Å². The van der Waals surface area contributed by atoms with Crippen LogP contribution in [0.2, 0.25) is 0 Å². The Morgan fingerprint density at radius 1 is 1.05 bits per heavy atom. The van der Waals surface area contributed by atoms with Crippen molar-refractivity contribution in [3.8, 4) is 0 Å². The lowest BCUT2D eigenvalue weighted by molar-refractivity contribution is -0.148. The highest BCUT2D eigenvalue weighted by Gasteiger charge is 2.59. The summed E-state index contributed by atoms with van der Waals surface area (Å²) in [6, 6.07) is 13.4. The van der Waals surface area contributed by atoms with Crippen LogP contribution in [0.3, 0.4) is 0 Å². The number of piperazine rings is 1. The topological polar surface area (TPSA) is 92.1 Å². The molecule has 0 spiro atoms. The number of amides is 2. The molecule has 2 fully saturated rings. The molecule has 200 valence electrons. The maximum atomic E-state index is 14.4. The number of Topliss-reactive ketones (excluding diaryl/α,β-unsaturated/α-hetero) is 1. The number of nitrogens with zero attached hydrogens (tertiary/aromatic N) is 2. The maximum Gasteiger partial charge on any atom is 0.249 e. The van der Waals surface area contributed by atoms with E-state index in [1.165, 1.54) is 18.4 Å². The van der Waals surface area contributed by atoms with Gasteiger partial charge in [0.1, 0.15) is 18.4 Å². The van der Waals surface area contributed by atoms with E-state index in [9.17, 15) is 14.4 Å². The summed E-state index contributed by atoms with van der Waals surface area (Å²) in [6.45, 7) is 6.06. The molecular weight excluding hydrogens is 502 g/mol. The first kappa shape index (κ1) is 26.3. The third-order valence-corrected chi connectivity index (χ3v) is 8.66. The molecule has 1 N–H and O–H groups in total. The number of carbonyl (C=O) groups excluding carboxylic acids is 3. The van der Waals surface area contributed by atoms with E-state index in [-0.39, 0.29) is 30.0 Å². The second-order valence-electron chi connectivity index (χ2n) is 9.90. The smallest absolute Gasteiger partial charge is 0.249 e. The van der Waals surface area contributed by atoms with Crippen molar-refractivity contribution in [2.45, 2.75) is 31.8 Å². The van der Waals surface area contributed by atoms with E-state index >= 15 is 0 Å². The Kier molecular flexibility index (Phi) is 7.78. The minimum Gasteiger partial charge on any atom is -0.458 e. The third kappa shape index (κ3) is 4.81.